The predicted molar refractivity (Wildman–Crippen MR) is 307 cm³/mol. The molecule has 85 heavy (non-hydrogen) atoms. The maximum atomic E-state index is 15.5. The van der Waals surface area contributed by atoms with Crippen LogP contribution >= 0.6 is 0 Å². The van der Waals surface area contributed by atoms with Crippen LogP contribution in [0.15, 0.2) is 11.6 Å². The van der Waals surface area contributed by atoms with Gasteiger partial charge in [-0.3, -0.25) is 19.2 Å². The molecule has 2 saturated heterocycles. The number of allylic oxidation sites excluding steroid dienone is 2. The van der Waals surface area contributed by atoms with Gasteiger partial charge in [-0.2, -0.15) is 0 Å². The molecule has 0 spiro atoms. The average Bonchev–Trinajstić information content (AvgIpc) is 0.726. The molecular weight excluding hydrogens is 1100 g/mol. The van der Waals surface area contributed by atoms with E-state index >= 15 is 4.79 Å². The number of hydrogen-bond acceptors (Lipinski definition) is 19. The van der Waals surface area contributed by atoms with Gasteiger partial charge >= 0.3 is 17.9 Å². The zero-order chi connectivity index (χ0) is 63.4. The third kappa shape index (κ3) is 12.1. The number of carbonyl (C=O) groups excluding carboxylic acids is 7. The standard InChI is InChI=1S/C63H101N3O19/c1-17-30(4)38(52(75)79-14)64-50(73)46-42(69)41(68)45(72)55(83-46)85-48-44(71)43(70)47(51(74)65-39(31(5)18-2)53(76)80-15)84-56(48)82-37-21-22-61(11)36(58(37,7)8)20-23-63(13)49(61)35(67)28-33-34-29-60(10,25-24-59(34,9)26-27-62(33,63)12)57(78)66-40(32(6)19-3)54(77)81-16/h28,30-32,34,36-49,55-56,68-72H,17-27,29H2,1-16H3,(H,64,73)(H,65,74)(H,66,78)/t30-,31-,32-,34-,36-,37-,38-,39-,40-,41-,42-,43-,44-,45+,46-,47-,48+,49+,55-,56-,59+,60-,61-,62+,63+/m0/s1. The number of ketones is 1. The molecule has 7 rings (SSSR count). The van der Waals surface area contributed by atoms with Crippen molar-refractivity contribution in [3.8, 4) is 0 Å². The highest BCUT2D eigenvalue weighted by Crippen LogP contribution is 2.75. The summed E-state index contributed by atoms with van der Waals surface area (Å²) in [5, 5.41) is 65.9. The van der Waals surface area contributed by atoms with Gasteiger partial charge in [0.25, 0.3) is 11.8 Å². The number of esters is 3. The van der Waals surface area contributed by atoms with Crippen LogP contribution < -0.4 is 16.0 Å². The largest absolute Gasteiger partial charge is 0.467 e. The van der Waals surface area contributed by atoms with Crippen LogP contribution in [0.2, 0.25) is 0 Å². The fraction of sp³-hybridized carbons (Fsp3) is 0.857. The van der Waals surface area contributed by atoms with Gasteiger partial charge in [0.2, 0.25) is 5.91 Å². The van der Waals surface area contributed by atoms with Gasteiger partial charge in [-0.05, 0) is 121 Å². The molecular formula is C63H101N3O19. The molecule has 25 atom stereocenters. The summed E-state index contributed by atoms with van der Waals surface area (Å²) < 4.78 is 40.5. The maximum absolute atomic E-state index is 15.5. The number of hydrogen-bond donors (Lipinski definition) is 8. The molecule has 2 heterocycles. The Kier molecular flexibility index (Phi) is 20.7. The van der Waals surface area contributed by atoms with Crippen molar-refractivity contribution in [3.63, 3.8) is 0 Å². The highest BCUT2D eigenvalue weighted by atomic mass is 16.8. The van der Waals surface area contributed by atoms with E-state index in [1.165, 1.54) is 14.2 Å². The first-order valence-electron chi connectivity index (χ1n) is 31.1. The van der Waals surface area contributed by atoms with Crippen molar-refractivity contribution in [2.45, 2.75) is 253 Å². The topological polar surface area (TPSA) is 321 Å². The van der Waals surface area contributed by atoms with Gasteiger partial charge in [-0.25, -0.2) is 14.4 Å². The molecule has 7 aliphatic rings. The zero-order valence-electron chi connectivity index (χ0n) is 53.1. The van der Waals surface area contributed by atoms with Gasteiger partial charge in [0, 0.05) is 11.3 Å². The van der Waals surface area contributed by atoms with Crippen LogP contribution in [0, 0.1) is 68.0 Å². The Labute approximate surface area is 501 Å². The van der Waals surface area contributed by atoms with Crippen LogP contribution in [0.4, 0.5) is 0 Å². The first-order chi connectivity index (χ1) is 39.6. The fourth-order valence-corrected chi connectivity index (χ4v) is 16.6. The van der Waals surface area contributed by atoms with Gasteiger partial charge in [0.1, 0.15) is 54.7 Å². The minimum absolute atomic E-state index is 0.0459. The summed E-state index contributed by atoms with van der Waals surface area (Å²) in [4.78, 5) is 96.8. The Morgan fingerprint density at radius 1 is 0.600 bits per heavy atom. The van der Waals surface area contributed by atoms with Gasteiger partial charge in [-0.15, -0.1) is 0 Å². The highest BCUT2D eigenvalue weighted by molar-refractivity contribution is 5.96. The number of aliphatic hydroxyl groups is 5. The highest BCUT2D eigenvalue weighted by Gasteiger charge is 2.71. The van der Waals surface area contributed by atoms with E-state index < -0.39 is 160 Å². The minimum Gasteiger partial charge on any atom is -0.467 e. The van der Waals surface area contributed by atoms with E-state index in [0.717, 1.165) is 31.9 Å². The summed E-state index contributed by atoms with van der Waals surface area (Å²) in [5.74, 6) is -5.89. The van der Waals surface area contributed by atoms with Crippen molar-refractivity contribution in [3.05, 3.63) is 11.6 Å². The Bertz CT molecular complexity index is 2530. The van der Waals surface area contributed by atoms with Crippen LogP contribution in [0.25, 0.3) is 0 Å². The van der Waals surface area contributed by atoms with E-state index in [0.29, 0.717) is 57.8 Å². The molecule has 8 N–H and O–H groups in total. The number of rotatable bonds is 19. The molecule has 0 aromatic heterocycles. The van der Waals surface area contributed by atoms with Crippen LogP contribution in [0.5, 0.6) is 0 Å². The lowest BCUT2D eigenvalue weighted by Gasteiger charge is -2.70. The first kappa shape index (κ1) is 68.4. The zero-order valence-corrected chi connectivity index (χ0v) is 53.1. The van der Waals surface area contributed by atoms with E-state index in [-0.39, 0.29) is 34.9 Å². The number of methoxy groups -OCH3 is 3. The summed E-state index contributed by atoms with van der Waals surface area (Å²) in [6.07, 6.45) is -11.2. The molecule has 6 fully saturated rings. The second kappa shape index (κ2) is 25.8. The average molecular weight is 1200 g/mol. The predicted octanol–water partition coefficient (Wildman–Crippen LogP) is 4.10. The molecule has 482 valence electrons. The monoisotopic (exact) mass is 1200 g/mol. The molecule has 0 aromatic rings. The second-order valence-corrected chi connectivity index (χ2v) is 28.3. The second-order valence-electron chi connectivity index (χ2n) is 28.3. The Balaban J connectivity index is 1.19. The van der Waals surface area contributed by atoms with Gasteiger partial charge in [-0.1, -0.05) is 115 Å². The molecule has 0 radical (unpaired) electrons. The van der Waals surface area contributed by atoms with Crippen molar-refractivity contribution in [2.75, 3.05) is 21.3 Å². The van der Waals surface area contributed by atoms with Crippen molar-refractivity contribution in [1.82, 2.24) is 16.0 Å². The molecule has 0 unspecified atom stereocenters. The summed E-state index contributed by atoms with van der Waals surface area (Å²) in [6, 6.07) is -3.16. The minimum atomic E-state index is -2.09. The van der Waals surface area contributed by atoms with Gasteiger partial charge in [0.05, 0.1) is 27.4 Å². The molecule has 22 nitrogen and oxygen atoms in total. The van der Waals surface area contributed by atoms with Crippen molar-refractivity contribution in [2.24, 2.45) is 68.0 Å². The van der Waals surface area contributed by atoms with Crippen molar-refractivity contribution >= 4 is 41.4 Å². The summed E-state index contributed by atoms with van der Waals surface area (Å²) >= 11 is 0. The number of amides is 3. The van der Waals surface area contributed by atoms with E-state index in [9.17, 15) is 54.3 Å². The lowest BCUT2D eigenvalue weighted by molar-refractivity contribution is -0.369. The Hall–Kier alpha value is -4.13. The molecule has 3 amide bonds. The van der Waals surface area contributed by atoms with Crippen LogP contribution in [-0.2, 0) is 66.7 Å². The Morgan fingerprint density at radius 3 is 1.59 bits per heavy atom. The summed E-state index contributed by atoms with van der Waals surface area (Å²) in [6.45, 7) is 26.1. The summed E-state index contributed by atoms with van der Waals surface area (Å²) in [7, 11) is 3.64. The van der Waals surface area contributed by atoms with E-state index in [2.05, 4.69) is 43.6 Å². The quantitative estimate of drug-likeness (QED) is 0.0513. The smallest absolute Gasteiger partial charge is 0.328 e. The van der Waals surface area contributed by atoms with E-state index in [4.69, 9.17) is 33.2 Å². The number of carbonyl (C=O) groups is 7. The van der Waals surface area contributed by atoms with Gasteiger partial charge in [0.15, 0.2) is 30.6 Å². The number of fused-ring (bicyclic) bond motifs is 7. The molecule has 2 aliphatic heterocycles. The van der Waals surface area contributed by atoms with Crippen LogP contribution in [-0.4, -0.2) is 174 Å². The lowest BCUT2D eigenvalue weighted by atomic mass is 9.33. The van der Waals surface area contributed by atoms with Crippen molar-refractivity contribution in [1.29, 1.82) is 0 Å². The Morgan fingerprint density at radius 2 is 1.08 bits per heavy atom. The third-order valence-electron chi connectivity index (χ3n) is 23.2. The molecule has 22 heteroatoms. The van der Waals surface area contributed by atoms with Crippen molar-refractivity contribution < 1.29 is 92.3 Å². The lowest BCUT2D eigenvalue weighted by Crippen LogP contribution is -2.69. The van der Waals surface area contributed by atoms with Crippen LogP contribution in [0.1, 0.15) is 167 Å². The maximum Gasteiger partial charge on any atom is 0.328 e. The van der Waals surface area contributed by atoms with E-state index in [1.807, 2.05) is 47.6 Å². The number of ether oxygens (including phenoxy) is 7. The normalized spacial score (nSPS) is 41.6. The fourth-order valence-electron chi connectivity index (χ4n) is 16.6. The first-order valence-corrected chi connectivity index (χ1v) is 31.1. The molecule has 0 bridgehead atoms. The molecule has 0 aromatic carbocycles. The molecule has 5 aliphatic carbocycles. The van der Waals surface area contributed by atoms with E-state index in [1.54, 1.807) is 20.8 Å². The SMILES string of the molecule is CC[C@H](C)[C@H](NC(=O)[C@H]1O[C@@H](O[C@H]2[C@@H](O[C@H]3CC[C@]4(C)[C@H]5C(=O)C=C6[C@@H]7C[C@@](C)(C(=O)N[C@H](C(=O)OC)[C@@H](C)CC)CC[C@]7(C)CC[C@@]6(C)[C@]5(C)CC[C@H]4C3(C)C)O[C@H](C(=O)N[C@H](C(=O)OC)[C@@H](C)CC)[C@@H](O)[C@@H]2O)[C@H](O)[C@@H](O)[C@@H]1O)C(=O)OC. The molecule has 4 saturated carbocycles. The summed E-state index contributed by atoms with van der Waals surface area (Å²) in [5.41, 5.74) is -2.15. The number of aliphatic hydroxyl groups excluding tert-OH is 5. The number of nitrogens with one attached hydrogen (secondary N) is 3. The van der Waals surface area contributed by atoms with Crippen LogP contribution in [0.3, 0.4) is 0 Å². The third-order valence-corrected chi connectivity index (χ3v) is 23.2. The van der Waals surface area contributed by atoms with Gasteiger partial charge < -0.3 is 74.6 Å².